The van der Waals surface area contributed by atoms with Gasteiger partial charge in [-0.2, -0.15) is 0 Å². The lowest BCUT2D eigenvalue weighted by molar-refractivity contribution is -0.118. The Morgan fingerprint density at radius 2 is 1.84 bits per heavy atom. The second-order valence-corrected chi connectivity index (χ2v) is 5.93. The van der Waals surface area contributed by atoms with Crippen molar-refractivity contribution >= 4 is 23.1 Å². The van der Waals surface area contributed by atoms with Crippen LogP contribution in [0.15, 0.2) is 0 Å². The highest BCUT2D eigenvalue weighted by molar-refractivity contribution is 7.80. The van der Waals surface area contributed by atoms with Crippen LogP contribution in [0.2, 0.25) is 0 Å². The van der Waals surface area contributed by atoms with Gasteiger partial charge < -0.3 is 15.5 Å². The molecule has 0 amide bonds. The fourth-order valence-corrected chi connectivity index (χ4v) is 2.44. The van der Waals surface area contributed by atoms with Crippen molar-refractivity contribution in [2.75, 3.05) is 26.2 Å². The SMILES string of the molecule is CCN(CC)CCCNC(=S)NC(C)(C)CC(C)=O. The summed E-state index contributed by atoms with van der Waals surface area (Å²) in [5.74, 6) is 0.168. The van der Waals surface area contributed by atoms with E-state index in [-0.39, 0.29) is 11.3 Å². The molecule has 112 valence electrons. The highest BCUT2D eigenvalue weighted by Gasteiger charge is 2.20. The number of thiocarbonyl (C=S) groups is 1. The zero-order chi connectivity index (χ0) is 14.9. The zero-order valence-electron chi connectivity index (χ0n) is 13.0. The molecule has 0 saturated heterocycles. The van der Waals surface area contributed by atoms with Crippen molar-refractivity contribution in [3.05, 3.63) is 0 Å². The lowest BCUT2D eigenvalue weighted by Gasteiger charge is -2.27. The van der Waals surface area contributed by atoms with Gasteiger partial charge in [0, 0.05) is 18.5 Å². The van der Waals surface area contributed by atoms with E-state index in [1.807, 2.05) is 13.8 Å². The number of Topliss-reactive ketones (excluding diaryl/α,β-unsaturated/α-hetero) is 1. The molecule has 0 fully saturated rings. The third kappa shape index (κ3) is 9.85. The van der Waals surface area contributed by atoms with E-state index in [0.29, 0.717) is 11.5 Å². The Hall–Kier alpha value is -0.680. The molecule has 0 aromatic carbocycles. The summed E-state index contributed by atoms with van der Waals surface area (Å²) < 4.78 is 0. The van der Waals surface area contributed by atoms with Gasteiger partial charge in [-0.1, -0.05) is 13.8 Å². The quantitative estimate of drug-likeness (QED) is 0.501. The molecule has 5 heteroatoms. The number of nitrogens with zero attached hydrogens (tertiary/aromatic N) is 1. The summed E-state index contributed by atoms with van der Waals surface area (Å²) in [6.07, 6.45) is 1.55. The molecule has 0 aromatic heterocycles. The van der Waals surface area contributed by atoms with Crippen LogP contribution in [0.1, 0.15) is 47.5 Å². The minimum Gasteiger partial charge on any atom is -0.363 e. The van der Waals surface area contributed by atoms with Gasteiger partial charge in [-0.15, -0.1) is 0 Å². The van der Waals surface area contributed by atoms with E-state index in [2.05, 4.69) is 29.4 Å². The summed E-state index contributed by atoms with van der Waals surface area (Å²) in [4.78, 5) is 13.5. The molecule has 0 aliphatic heterocycles. The van der Waals surface area contributed by atoms with Gasteiger partial charge in [-0.3, -0.25) is 4.79 Å². The molecule has 0 spiro atoms. The molecule has 0 aliphatic carbocycles. The Labute approximate surface area is 123 Å². The van der Waals surface area contributed by atoms with Crippen LogP contribution in [0.25, 0.3) is 0 Å². The first-order valence-corrected chi connectivity index (χ1v) is 7.49. The van der Waals surface area contributed by atoms with Crippen molar-refractivity contribution < 1.29 is 4.79 Å². The molecule has 0 aliphatic rings. The van der Waals surface area contributed by atoms with E-state index < -0.39 is 0 Å². The number of ketones is 1. The van der Waals surface area contributed by atoms with Crippen LogP contribution in [0, 0.1) is 0 Å². The van der Waals surface area contributed by atoms with Gasteiger partial charge in [0.1, 0.15) is 5.78 Å². The van der Waals surface area contributed by atoms with Gasteiger partial charge in [0.25, 0.3) is 0 Å². The van der Waals surface area contributed by atoms with Crippen LogP contribution in [-0.2, 0) is 4.79 Å². The molecule has 2 N–H and O–H groups in total. The average molecular weight is 287 g/mol. The first kappa shape index (κ1) is 18.3. The molecule has 0 unspecified atom stereocenters. The number of rotatable bonds is 9. The molecule has 0 saturated carbocycles. The largest absolute Gasteiger partial charge is 0.363 e. The van der Waals surface area contributed by atoms with E-state index in [4.69, 9.17) is 12.2 Å². The Morgan fingerprint density at radius 1 is 1.26 bits per heavy atom. The minimum atomic E-state index is -0.283. The number of hydrogen-bond donors (Lipinski definition) is 2. The molecule has 0 bridgehead atoms. The van der Waals surface area contributed by atoms with Crippen molar-refractivity contribution in [1.82, 2.24) is 15.5 Å². The standard InChI is InChI=1S/C14H29N3OS/c1-6-17(7-2)10-8-9-15-13(19)16-14(4,5)11-12(3)18/h6-11H2,1-5H3,(H2,15,16,19). The fraction of sp³-hybridized carbons (Fsp3) is 0.857. The Balaban J connectivity index is 3.84. The first-order chi connectivity index (χ1) is 8.80. The molecule has 0 radical (unpaired) electrons. The molecule has 4 nitrogen and oxygen atoms in total. The monoisotopic (exact) mass is 287 g/mol. The van der Waals surface area contributed by atoms with E-state index in [1.54, 1.807) is 6.92 Å². The number of nitrogens with one attached hydrogen (secondary N) is 2. The first-order valence-electron chi connectivity index (χ1n) is 7.08. The maximum atomic E-state index is 11.1. The van der Waals surface area contributed by atoms with E-state index in [9.17, 15) is 4.79 Å². The van der Waals surface area contributed by atoms with E-state index in [0.717, 1.165) is 32.6 Å². The Morgan fingerprint density at radius 3 is 2.32 bits per heavy atom. The summed E-state index contributed by atoms with van der Waals surface area (Å²) in [7, 11) is 0. The second-order valence-electron chi connectivity index (χ2n) is 5.52. The van der Waals surface area contributed by atoms with Gasteiger partial charge in [0.15, 0.2) is 5.11 Å². The van der Waals surface area contributed by atoms with Crippen molar-refractivity contribution in [3.63, 3.8) is 0 Å². The van der Waals surface area contributed by atoms with Gasteiger partial charge in [0.05, 0.1) is 0 Å². The van der Waals surface area contributed by atoms with Crippen molar-refractivity contribution in [3.8, 4) is 0 Å². The lowest BCUT2D eigenvalue weighted by Crippen LogP contribution is -2.49. The summed E-state index contributed by atoms with van der Waals surface area (Å²) >= 11 is 5.24. The number of carbonyl (C=O) groups is 1. The Kier molecular flexibility index (Phi) is 8.93. The molecule has 0 aromatic rings. The highest BCUT2D eigenvalue weighted by Crippen LogP contribution is 2.08. The van der Waals surface area contributed by atoms with Gasteiger partial charge in [0.2, 0.25) is 0 Å². The average Bonchev–Trinajstić information content (AvgIpc) is 2.26. The predicted molar refractivity (Wildman–Crippen MR) is 85.5 cm³/mol. The second kappa shape index (κ2) is 9.26. The molecule has 19 heavy (non-hydrogen) atoms. The summed E-state index contributed by atoms with van der Waals surface area (Å²) in [6, 6.07) is 0. The summed E-state index contributed by atoms with van der Waals surface area (Å²) in [5, 5.41) is 7.02. The van der Waals surface area contributed by atoms with E-state index in [1.165, 1.54) is 0 Å². The number of carbonyl (C=O) groups excluding carboxylic acids is 1. The smallest absolute Gasteiger partial charge is 0.166 e. The van der Waals surface area contributed by atoms with E-state index >= 15 is 0 Å². The summed E-state index contributed by atoms with van der Waals surface area (Å²) in [6.45, 7) is 14.0. The van der Waals surface area contributed by atoms with Gasteiger partial charge in [-0.05, 0) is 59.0 Å². The Bertz CT molecular complexity index is 288. The minimum absolute atomic E-state index is 0.168. The molecular formula is C14H29N3OS. The van der Waals surface area contributed by atoms with Crippen molar-refractivity contribution in [2.24, 2.45) is 0 Å². The van der Waals surface area contributed by atoms with Crippen LogP contribution in [-0.4, -0.2) is 47.5 Å². The molecular weight excluding hydrogens is 258 g/mol. The normalized spacial score (nSPS) is 11.5. The van der Waals surface area contributed by atoms with Crippen LogP contribution in [0.3, 0.4) is 0 Å². The third-order valence-corrected chi connectivity index (χ3v) is 3.22. The van der Waals surface area contributed by atoms with Gasteiger partial charge in [-0.25, -0.2) is 0 Å². The van der Waals surface area contributed by atoms with Crippen molar-refractivity contribution in [1.29, 1.82) is 0 Å². The molecule has 0 rings (SSSR count). The lowest BCUT2D eigenvalue weighted by atomic mass is 9.99. The fourth-order valence-electron chi connectivity index (χ4n) is 2.06. The van der Waals surface area contributed by atoms with Crippen molar-refractivity contribution in [2.45, 2.75) is 53.0 Å². The van der Waals surface area contributed by atoms with Crippen LogP contribution in [0.4, 0.5) is 0 Å². The van der Waals surface area contributed by atoms with Gasteiger partial charge >= 0.3 is 0 Å². The maximum Gasteiger partial charge on any atom is 0.166 e. The van der Waals surface area contributed by atoms with Crippen LogP contribution in [0.5, 0.6) is 0 Å². The highest BCUT2D eigenvalue weighted by atomic mass is 32.1. The zero-order valence-corrected chi connectivity index (χ0v) is 13.8. The molecule has 0 atom stereocenters. The third-order valence-electron chi connectivity index (χ3n) is 2.97. The molecule has 0 heterocycles. The summed E-state index contributed by atoms with van der Waals surface area (Å²) in [5.41, 5.74) is -0.283. The topological polar surface area (TPSA) is 44.4 Å². The van der Waals surface area contributed by atoms with Crippen LogP contribution >= 0.6 is 12.2 Å². The maximum absolute atomic E-state index is 11.1. The predicted octanol–water partition coefficient (Wildman–Crippen LogP) is 1.94. The number of hydrogen-bond acceptors (Lipinski definition) is 3. The van der Waals surface area contributed by atoms with Crippen LogP contribution < -0.4 is 10.6 Å².